The fraction of sp³-hybridized carbons (Fsp3) is 0.429. The van der Waals surface area contributed by atoms with Crippen LogP contribution in [0.1, 0.15) is 20.3 Å². The Morgan fingerprint density at radius 3 is 2.64 bits per heavy atom. The third kappa shape index (κ3) is 6.34. The van der Waals surface area contributed by atoms with Crippen LogP contribution in [0.25, 0.3) is 0 Å². The number of nitrogens with zero attached hydrogens (tertiary/aromatic N) is 2. The zero-order chi connectivity index (χ0) is 15.3. The van der Waals surface area contributed by atoms with Gasteiger partial charge in [-0.25, -0.2) is 4.99 Å². The summed E-state index contributed by atoms with van der Waals surface area (Å²) in [4.78, 5) is 9.93. The topological polar surface area (TPSA) is 74.8 Å². The first-order valence-electron chi connectivity index (χ1n) is 6.78. The number of benzene rings is 1. The SMILES string of the molecule is CC1(C)N=C(N)NC(=NCCCSc2ccc(Cl)cc2)N1.Cl. The van der Waals surface area contributed by atoms with Gasteiger partial charge in [-0.3, -0.25) is 10.3 Å². The Labute approximate surface area is 146 Å². The van der Waals surface area contributed by atoms with Crippen LogP contribution in [0.5, 0.6) is 0 Å². The monoisotopic (exact) mass is 361 g/mol. The highest BCUT2D eigenvalue weighted by Gasteiger charge is 2.23. The Morgan fingerprint density at radius 2 is 2.00 bits per heavy atom. The van der Waals surface area contributed by atoms with Crippen LogP contribution in [0, 0.1) is 0 Å². The summed E-state index contributed by atoms with van der Waals surface area (Å²) >= 11 is 7.65. The maximum Gasteiger partial charge on any atom is 0.199 e. The number of hydrogen-bond acceptors (Lipinski definition) is 4. The zero-order valence-corrected chi connectivity index (χ0v) is 15.0. The van der Waals surface area contributed by atoms with E-state index >= 15 is 0 Å². The van der Waals surface area contributed by atoms with E-state index in [1.807, 2.05) is 38.1 Å². The van der Waals surface area contributed by atoms with Crippen LogP contribution in [-0.2, 0) is 0 Å². The average Bonchev–Trinajstić information content (AvgIpc) is 2.38. The highest BCUT2D eigenvalue weighted by atomic mass is 35.5. The summed E-state index contributed by atoms with van der Waals surface area (Å²) in [5, 5.41) is 6.89. The molecule has 1 aromatic rings. The molecule has 0 aromatic heterocycles. The Kier molecular flexibility index (Phi) is 7.32. The van der Waals surface area contributed by atoms with Gasteiger partial charge in [0.25, 0.3) is 0 Å². The molecule has 4 N–H and O–H groups in total. The van der Waals surface area contributed by atoms with Gasteiger partial charge in [-0.05, 0) is 50.3 Å². The molecule has 1 aliphatic rings. The smallest absolute Gasteiger partial charge is 0.199 e. The van der Waals surface area contributed by atoms with Crippen molar-refractivity contribution in [2.75, 3.05) is 12.3 Å². The number of hydrogen-bond donors (Lipinski definition) is 3. The highest BCUT2D eigenvalue weighted by molar-refractivity contribution is 7.99. The Bertz CT molecular complexity index is 543. The molecular weight excluding hydrogens is 341 g/mol. The minimum Gasteiger partial charge on any atom is -0.370 e. The molecule has 0 bridgehead atoms. The second kappa shape index (κ2) is 8.50. The standard InChI is InChI=1S/C14H20ClN5S.ClH/c1-14(2)19-12(16)18-13(20-14)17-8-3-9-21-11-6-4-10(15)5-7-11;/h4-7H,3,8-9H2,1-2H3,(H4,16,17,18,19,20);1H. The van der Waals surface area contributed by atoms with Gasteiger partial charge in [-0.15, -0.1) is 24.2 Å². The van der Waals surface area contributed by atoms with Gasteiger partial charge >= 0.3 is 0 Å². The van der Waals surface area contributed by atoms with E-state index < -0.39 is 5.66 Å². The quantitative estimate of drug-likeness (QED) is 0.556. The van der Waals surface area contributed by atoms with Crippen LogP contribution < -0.4 is 16.4 Å². The molecule has 2 rings (SSSR count). The van der Waals surface area contributed by atoms with E-state index in [0.29, 0.717) is 11.9 Å². The summed E-state index contributed by atoms with van der Waals surface area (Å²) < 4.78 is 0. The molecule has 122 valence electrons. The minimum atomic E-state index is -0.410. The molecule has 0 radical (unpaired) electrons. The number of nitrogens with one attached hydrogen (secondary N) is 2. The molecule has 0 saturated heterocycles. The highest BCUT2D eigenvalue weighted by Crippen LogP contribution is 2.20. The van der Waals surface area contributed by atoms with Gasteiger partial charge in [0.1, 0.15) is 5.66 Å². The first-order chi connectivity index (χ1) is 9.94. The summed E-state index contributed by atoms with van der Waals surface area (Å²) in [5.74, 6) is 2.09. The summed E-state index contributed by atoms with van der Waals surface area (Å²) in [6, 6.07) is 7.87. The molecule has 0 unspecified atom stereocenters. The van der Waals surface area contributed by atoms with E-state index in [0.717, 1.165) is 23.7 Å². The van der Waals surface area contributed by atoms with Crippen LogP contribution in [0.4, 0.5) is 0 Å². The van der Waals surface area contributed by atoms with Gasteiger partial charge < -0.3 is 11.1 Å². The second-order valence-corrected chi connectivity index (χ2v) is 6.80. The molecule has 0 aliphatic carbocycles. The predicted octanol–water partition coefficient (Wildman–Crippen LogP) is 2.84. The lowest BCUT2D eigenvalue weighted by Crippen LogP contribution is -2.57. The number of halogens is 2. The number of nitrogens with two attached hydrogens (primary N) is 1. The van der Waals surface area contributed by atoms with Crippen molar-refractivity contribution in [3.63, 3.8) is 0 Å². The molecule has 22 heavy (non-hydrogen) atoms. The average molecular weight is 362 g/mol. The molecule has 0 spiro atoms. The van der Waals surface area contributed by atoms with E-state index in [4.69, 9.17) is 17.3 Å². The van der Waals surface area contributed by atoms with E-state index in [9.17, 15) is 0 Å². The molecule has 5 nitrogen and oxygen atoms in total. The van der Waals surface area contributed by atoms with Gasteiger partial charge in [0, 0.05) is 16.5 Å². The van der Waals surface area contributed by atoms with Gasteiger partial charge in [-0.2, -0.15) is 0 Å². The van der Waals surface area contributed by atoms with Crippen molar-refractivity contribution in [1.29, 1.82) is 0 Å². The van der Waals surface area contributed by atoms with Crippen LogP contribution in [0.15, 0.2) is 39.1 Å². The van der Waals surface area contributed by atoms with E-state index in [1.165, 1.54) is 4.90 Å². The molecule has 0 saturated carbocycles. The number of thioether (sulfide) groups is 1. The van der Waals surface area contributed by atoms with E-state index in [1.54, 1.807) is 11.8 Å². The van der Waals surface area contributed by atoms with Gasteiger partial charge in [0.15, 0.2) is 11.9 Å². The molecule has 0 amide bonds. The molecule has 1 aromatic carbocycles. The van der Waals surface area contributed by atoms with E-state index in [2.05, 4.69) is 20.6 Å². The largest absolute Gasteiger partial charge is 0.370 e. The Balaban J connectivity index is 0.00000242. The molecule has 8 heteroatoms. The van der Waals surface area contributed by atoms with Gasteiger partial charge in [0.2, 0.25) is 0 Å². The van der Waals surface area contributed by atoms with Crippen molar-refractivity contribution >= 4 is 47.7 Å². The number of aliphatic imine (C=N–C) groups is 2. The molecule has 0 fully saturated rings. The minimum absolute atomic E-state index is 0. The second-order valence-electron chi connectivity index (χ2n) is 5.19. The lowest BCUT2D eigenvalue weighted by molar-refractivity contribution is 0.467. The maximum atomic E-state index is 5.86. The third-order valence-electron chi connectivity index (χ3n) is 2.73. The fourth-order valence-corrected chi connectivity index (χ4v) is 2.82. The number of rotatable bonds is 5. The van der Waals surface area contributed by atoms with Crippen molar-refractivity contribution in [2.24, 2.45) is 15.7 Å². The van der Waals surface area contributed by atoms with Crippen molar-refractivity contribution in [1.82, 2.24) is 10.6 Å². The fourth-order valence-electron chi connectivity index (χ4n) is 1.85. The van der Waals surface area contributed by atoms with Crippen LogP contribution in [0.2, 0.25) is 5.02 Å². The van der Waals surface area contributed by atoms with Crippen LogP contribution >= 0.6 is 35.8 Å². The van der Waals surface area contributed by atoms with Crippen LogP contribution in [0.3, 0.4) is 0 Å². The molecule has 1 heterocycles. The summed E-state index contributed by atoms with van der Waals surface area (Å²) in [5.41, 5.74) is 5.31. The van der Waals surface area contributed by atoms with Gasteiger partial charge in [-0.1, -0.05) is 11.6 Å². The van der Waals surface area contributed by atoms with Crippen molar-refractivity contribution in [3.05, 3.63) is 29.3 Å². The van der Waals surface area contributed by atoms with Crippen molar-refractivity contribution < 1.29 is 0 Å². The molecule has 0 atom stereocenters. The molecular formula is C14H21Cl2N5S. The third-order valence-corrected chi connectivity index (χ3v) is 4.08. The normalized spacial score (nSPS) is 18.0. The summed E-state index contributed by atoms with van der Waals surface area (Å²) in [6.07, 6.45) is 0.984. The lowest BCUT2D eigenvalue weighted by Gasteiger charge is -2.29. The van der Waals surface area contributed by atoms with Gasteiger partial charge in [0.05, 0.1) is 0 Å². The summed E-state index contributed by atoms with van der Waals surface area (Å²) in [7, 11) is 0. The van der Waals surface area contributed by atoms with Crippen molar-refractivity contribution in [2.45, 2.75) is 30.8 Å². The van der Waals surface area contributed by atoms with Crippen LogP contribution in [-0.4, -0.2) is 29.9 Å². The first-order valence-corrected chi connectivity index (χ1v) is 8.14. The summed E-state index contributed by atoms with van der Waals surface area (Å²) in [6.45, 7) is 4.64. The van der Waals surface area contributed by atoms with Crippen molar-refractivity contribution in [3.8, 4) is 0 Å². The Hall–Kier alpha value is -1.11. The van der Waals surface area contributed by atoms with E-state index in [-0.39, 0.29) is 12.4 Å². The lowest BCUT2D eigenvalue weighted by atomic mass is 10.2. The Morgan fingerprint density at radius 1 is 1.32 bits per heavy atom. The first kappa shape index (κ1) is 18.9. The molecule has 1 aliphatic heterocycles. The maximum absolute atomic E-state index is 5.86. The number of guanidine groups is 2. The zero-order valence-electron chi connectivity index (χ0n) is 12.6. The predicted molar refractivity (Wildman–Crippen MR) is 98.3 cm³/mol.